The van der Waals surface area contributed by atoms with Crippen molar-refractivity contribution in [2.45, 2.75) is 19.1 Å². The largest absolute Gasteiger partial charge is 0.497 e. The Bertz CT molecular complexity index is 709. The van der Waals surface area contributed by atoms with Crippen molar-refractivity contribution >= 4 is 47.0 Å². The van der Waals surface area contributed by atoms with E-state index in [-0.39, 0.29) is 36.1 Å². The summed E-state index contributed by atoms with van der Waals surface area (Å²) in [5.41, 5.74) is 6.99. The van der Waals surface area contributed by atoms with Crippen LogP contribution in [0.3, 0.4) is 0 Å². The zero-order valence-corrected chi connectivity index (χ0v) is 18.8. The molecule has 1 aliphatic heterocycles. The Balaban J connectivity index is 0.00000261. The highest BCUT2D eigenvalue weighted by molar-refractivity contribution is 14.0. The molecule has 3 N–H and O–H groups in total. The quantitative estimate of drug-likeness (QED) is 0.359. The lowest BCUT2D eigenvalue weighted by Crippen LogP contribution is -2.44. The highest BCUT2D eigenvalue weighted by Crippen LogP contribution is 2.27. The van der Waals surface area contributed by atoms with Gasteiger partial charge in [-0.2, -0.15) is 0 Å². The van der Waals surface area contributed by atoms with E-state index >= 15 is 0 Å². The number of anilines is 1. The molecular formula is C19H27IN4O2S. The van der Waals surface area contributed by atoms with Crippen LogP contribution in [-0.2, 0) is 4.74 Å². The zero-order chi connectivity index (χ0) is 18.4. The van der Waals surface area contributed by atoms with E-state index < -0.39 is 0 Å². The maximum atomic E-state index is 6.10. The summed E-state index contributed by atoms with van der Waals surface area (Å²) in [6, 6.07) is 12.1. The van der Waals surface area contributed by atoms with Crippen LogP contribution in [0.5, 0.6) is 5.75 Å². The monoisotopic (exact) mass is 502 g/mol. The molecule has 1 saturated heterocycles. The second kappa shape index (κ2) is 10.8. The molecule has 3 rings (SSSR count). The van der Waals surface area contributed by atoms with Gasteiger partial charge in [-0.3, -0.25) is 9.89 Å². The Morgan fingerprint density at radius 1 is 1.41 bits per heavy atom. The highest BCUT2D eigenvalue weighted by Gasteiger charge is 2.26. The molecule has 0 radical (unpaired) electrons. The van der Waals surface area contributed by atoms with Gasteiger partial charge in [-0.1, -0.05) is 6.07 Å². The van der Waals surface area contributed by atoms with Gasteiger partial charge in [0.25, 0.3) is 0 Å². The van der Waals surface area contributed by atoms with E-state index in [0.29, 0.717) is 12.5 Å². The number of benzene rings is 1. The number of thiophene rings is 1. The van der Waals surface area contributed by atoms with Gasteiger partial charge < -0.3 is 20.5 Å². The number of nitrogens with zero attached hydrogens (tertiary/aromatic N) is 2. The van der Waals surface area contributed by atoms with Crippen LogP contribution < -0.4 is 15.8 Å². The third-order valence-corrected chi connectivity index (χ3v) is 5.36. The molecule has 8 heteroatoms. The Kier molecular flexibility index (Phi) is 8.81. The van der Waals surface area contributed by atoms with E-state index in [9.17, 15) is 0 Å². The normalized spacial score (nSPS) is 19.2. The first-order valence-corrected chi connectivity index (χ1v) is 9.63. The van der Waals surface area contributed by atoms with Crippen LogP contribution in [0.1, 0.15) is 17.8 Å². The van der Waals surface area contributed by atoms with Crippen molar-refractivity contribution in [2.75, 3.05) is 38.7 Å². The number of hydrogen-bond acceptors (Lipinski definition) is 5. The van der Waals surface area contributed by atoms with Gasteiger partial charge in [-0.15, -0.1) is 35.3 Å². The summed E-state index contributed by atoms with van der Waals surface area (Å²) in [6.45, 7) is 5.30. The van der Waals surface area contributed by atoms with Gasteiger partial charge in [-0.05, 0) is 42.6 Å². The molecule has 2 atom stereocenters. The Morgan fingerprint density at radius 3 is 2.81 bits per heavy atom. The molecule has 27 heavy (non-hydrogen) atoms. The minimum absolute atomic E-state index is 0. The number of hydrogen-bond donors (Lipinski definition) is 2. The summed E-state index contributed by atoms with van der Waals surface area (Å²) in [5, 5.41) is 5.24. The molecule has 0 saturated carbocycles. The van der Waals surface area contributed by atoms with Crippen molar-refractivity contribution in [2.24, 2.45) is 10.7 Å². The number of aliphatic imine (C=N–C) groups is 1. The van der Waals surface area contributed by atoms with Gasteiger partial charge in [0.05, 0.1) is 32.4 Å². The molecule has 1 fully saturated rings. The van der Waals surface area contributed by atoms with Gasteiger partial charge in [0, 0.05) is 23.7 Å². The van der Waals surface area contributed by atoms with Gasteiger partial charge in [0.2, 0.25) is 0 Å². The van der Waals surface area contributed by atoms with Crippen molar-refractivity contribution < 1.29 is 9.47 Å². The summed E-state index contributed by atoms with van der Waals surface area (Å²) >= 11 is 1.76. The van der Waals surface area contributed by atoms with E-state index in [2.05, 4.69) is 39.6 Å². The molecule has 148 valence electrons. The number of ether oxygens (including phenoxy) is 2. The van der Waals surface area contributed by atoms with Crippen LogP contribution in [0.4, 0.5) is 5.69 Å². The average Bonchev–Trinajstić information content (AvgIpc) is 3.17. The number of methoxy groups -OCH3 is 1. The molecule has 2 aromatic rings. The lowest BCUT2D eigenvalue weighted by atomic mass is 10.1. The molecule has 2 heterocycles. The topological polar surface area (TPSA) is 72.1 Å². The molecule has 0 aliphatic carbocycles. The van der Waals surface area contributed by atoms with Crippen molar-refractivity contribution in [1.82, 2.24) is 4.90 Å². The molecule has 1 aliphatic rings. The fraction of sp³-hybridized carbons (Fsp3) is 0.421. The fourth-order valence-corrected chi connectivity index (χ4v) is 3.89. The van der Waals surface area contributed by atoms with E-state index in [4.69, 9.17) is 15.2 Å². The summed E-state index contributed by atoms with van der Waals surface area (Å²) in [6.07, 6.45) is 0.241. The van der Waals surface area contributed by atoms with Crippen molar-refractivity contribution in [3.05, 3.63) is 46.7 Å². The number of nitrogens with two attached hydrogens (primary N) is 1. The lowest BCUT2D eigenvalue weighted by molar-refractivity contribution is -0.0327. The summed E-state index contributed by atoms with van der Waals surface area (Å²) in [5.74, 6) is 1.23. The van der Waals surface area contributed by atoms with E-state index in [1.807, 2.05) is 24.3 Å². The van der Waals surface area contributed by atoms with Crippen LogP contribution in [0.15, 0.2) is 46.8 Å². The molecule has 0 spiro atoms. The SMILES string of the molecule is COc1ccc(NC(N)=NCC(c2cccs2)N2CCOC(C)C2)cc1.I. The molecule has 2 unspecified atom stereocenters. The third-order valence-electron chi connectivity index (χ3n) is 4.38. The smallest absolute Gasteiger partial charge is 0.193 e. The Labute approximate surface area is 181 Å². The van der Waals surface area contributed by atoms with Gasteiger partial charge in [0.1, 0.15) is 5.75 Å². The molecular weight excluding hydrogens is 475 g/mol. The third kappa shape index (κ3) is 6.34. The maximum Gasteiger partial charge on any atom is 0.193 e. The van der Waals surface area contributed by atoms with Gasteiger partial charge in [-0.25, -0.2) is 0 Å². The van der Waals surface area contributed by atoms with E-state index in [0.717, 1.165) is 31.1 Å². The van der Waals surface area contributed by atoms with Gasteiger partial charge >= 0.3 is 0 Å². The number of morpholine rings is 1. The van der Waals surface area contributed by atoms with E-state index in [1.165, 1.54) is 4.88 Å². The Morgan fingerprint density at radius 2 is 2.19 bits per heavy atom. The summed E-state index contributed by atoms with van der Waals surface area (Å²) in [7, 11) is 1.65. The molecule has 0 bridgehead atoms. The minimum Gasteiger partial charge on any atom is -0.497 e. The number of nitrogens with one attached hydrogen (secondary N) is 1. The first kappa shape index (κ1) is 21.9. The molecule has 1 aromatic carbocycles. The number of guanidine groups is 1. The number of rotatable bonds is 6. The lowest BCUT2D eigenvalue weighted by Gasteiger charge is -2.36. The van der Waals surface area contributed by atoms with Crippen molar-refractivity contribution in [3.63, 3.8) is 0 Å². The number of halogens is 1. The highest BCUT2D eigenvalue weighted by atomic mass is 127. The van der Waals surface area contributed by atoms with Crippen LogP contribution in [0.2, 0.25) is 0 Å². The minimum atomic E-state index is 0. The summed E-state index contributed by atoms with van der Waals surface area (Å²) in [4.78, 5) is 8.34. The predicted molar refractivity (Wildman–Crippen MR) is 123 cm³/mol. The van der Waals surface area contributed by atoms with Crippen LogP contribution in [-0.4, -0.2) is 50.3 Å². The fourth-order valence-electron chi connectivity index (χ4n) is 3.04. The predicted octanol–water partition coefficient (Wildman–Crippen LogP) is 3.56. The van der Waals surface area contributed by atoms with Gasteiger partial charge in [0.15, 0.2) is 5.96 Å². The van der Waals surface area contributed by atoms with Crippen LogP contribution in [0.25, 0.3) is 0 Å². The standard InChI is InChI=1S/C19H26N4O2S.HI/c1-14-13-23(9-10-25-14)17(18-4-3-11-26-18)12-21-19(20)22-15-5-7-16(24-2)8-6-15;/h3-8,11,14,17H,9-10,12-13H2,1-2H3,(H3,20,21,22);1H. The second-order valence-electron chi connectivity index (χ2n) is 6.29. The van der Waals surface area contributed by atoms with Crippen molar-refractivity contribution in [1.29, 1.82) is 0 Å². The van der Waals surface area contributed by atoms with Crippen molar-refractivity contribution in [3.8, 4) is 5.75 Å². The van der Waals surface area contributed by atoms with Crippen LogP contribution in [0, 0.1) is 0 Å². The zero-order valence-electron chi connectivity index (χ0n) is 15.6. The molecule has 1 aromatic heterocycles. The second-order valence-corrected chi connectivity index (χ2v) is 7.27. The maximum absolute atomic E-state index is 6.10. The van der Waals surface area contributed by atoms with Crippen LogP contribution >= 0.6 is 35.3 Å². The van der Waals surface area contributed by atoms with E-state index in [1.54, 1.807) is 18.4 Å². The first-order chi connectivity index (χ1) is 12.7. The summed E-state index contributed by atoms with van der Waals surface area (Å²) < 4.78 is 10.8. The molecule has 6 nitrogen and oxygen atoms in total. The Hall–Kier alpha value is -1.36. The first-order valence-electron chi connectivity index (χ1n) is 8.75. The molecule has 0 amide bonds. The average molecular weight is 502 g/mol.